The first-order valence-electron chi connectivity index (χ1n) is 10.2. The third-order valence-corrected chi connectivity index (χ3v) is 4.72. The van der Waals surface area contributed by atoms with E-state index in [1.54, 1.807) is 20.8 Å². The summed E-state index contributed by atoms with van der Waals surface area (Å²) >= 11 is 0. The average Bonchev–Trinajstić information content (AvgIpc) is 3.15. The number of rotatable bonds is 7. The van der Waals surface area contributed by atoms with Crippen molar-refractivity contribution >= 4 is 23.7 Å². The summed E-state index contributed by atoms with van der Waals surface area (Å²) in [7, 11) is 0. The maximum Gasteiger partial charge on any atom is 0.410 e. The first kappa shape index (κ1) is 23.4. The van der Waals surface area contributed by atoms with Gasteiger partial charge < -0.3 is 15.4 Å². The topological polar surface area (TPSA) is 105 Å². The Kier molecular flexibility index (Phi) is 7.97. The van der Waals surface area contributed by atoms with Crippen LogP contribution in [0.2, 0.25) is 0 Å². The second-order valence-electron chi connectivity index (χ2n) is 8.47. The smallest absolute Gasteiger partial charge is 0.410 e. The van der Waals surface area contributed by atoms with E-state index >= 15 is 0 Å². The average molecular weight is 418 g/mol. The number of hydrogen-bond acceptors (Lipinski definition) is 5. The molecule has 2 atom stereocenters. The number of hydrogen-bond donors (Lipinski definition) is 2. The zero-order valence-corrected chi connectivity index (χ0v) is 18.1. The molecule has 2 rings (SSSR count). The van der Waals surface area contributed by atoms with Crippen LogP contribution in [0.4, 0.5) is 4.79 Å². The number of ether oxygens (including phenoxy) is 1. The molecular weight excluding hydrogens is 386 g/mol. The van der Waals surface area contributed by atoms with Crippen molar-refractivity contribution in [2.75, 3.05) is 13.1 Å². The Morgan fingerprint density at radius 3 is 2.43 bits per heavy atom. The Balaban J connectivity index is 1.87. The second-order valence-corrected chi connectivity index (χ2v) is 8.47. The van der Waals surface area contributed by atoms with Gasteiger partial charge in [0, 0.05) is 6.54 Å². The molecule has 0 aromatic heterocycles. The van der Waals surface area contributed by atoms with Gasteiger partial charge in [0.05, 0.1) is 12.6 Å². The monoisotopic (exact) mass is 417 g/mol. The molecule has 1 aromatic carbocycles. The Morgan fingerprint density at radius 1 is 1.17 bits per heavy atom. The fourth-order valence-electron chi connectivity index (χ4n) is 3.26. The largest absolute Gasteiger partial charge is 0.444 e. The van der Waals surface area contributed by atoms with Gasteiger partial charge in [-0.3, -0.25) is 19.3 Å². The molecule has 8 heteroatoms. The van der Waals surface area contributed by atoms with E-state index in [4.69, 9.17) is 4.74 Å². The van der Waals surface area contributed by atoms with Gasteiger partial charge in [-0.2, -0.15) is 0 Å². The number of benzene rings is 1. The molecule has 30 heavy (non-hydrogen) atoms. The highest BCUT2D eigenvalue weighted by atomic mass is 16.6. The van der Waals surface area contributed by atoms with Crippen molar-refractivity contribution in [2.45, 2.75) is 64.6 Å². The zero-order valence-electron chi connectivity index (χ0n) is 18.1. The molecule has 0 saturated carbocycles. The van der Waals surface area contributed by atoms with Gasteiger partial charge >= 0.3 is 6.09 Å². The predicted octanol–water partition coefficient (Wildman–Crippen LogP) is 1.82. The lowest BCUT2D eigenvalue weighted by molar-refractivity contribution is -0.130. The molecule has 1 aliphatic heterocycles. The van der Waals surface area contributed by atoms with Gasteiger partial charge in [-0.05, 0) is 52.5 Å². The Morgan fingerprint density at radius 2 is 1.83 bits per heavy atom. The van der Waals surface area contributed by atoms with E-state index in [0.717, 1.165) is 5.56 Å². The van der Waals surface area contributed by atoms with Crippen molar-refractivity contribution in [3.05, 3.63) is 35.9 Å². The highest BCUT2D eigenvalue weighted by Crippen LogP contribution is 2.20. The first-order valence-corrected chi connectivity index (χ1v) is 10.2. The standard InChI is InChI=1S/C22H31N3O5/c1-15(26)17(13-16-9-6-5-7-10-16)24-19(27)14-23-20(28)18-11-8-12-25(18)21(29)30-22(2,3)4/h5-7,9-10,17-18H,8,11-14H2,1-4H3,(H,23,28)(H,24,27). The molecule has 0 spiro atoms. The van der Waals surface area contributed by atoms with Crippen LogP contribution in [-0.4, -0.2) is 59.4 Å². The SMILES string of the molecule is CC(=O)C(Cc1ccccc1)NC(=O)CNC(=O)C1CCCN1C(=O)OC(C)(C)C. The van der Waals surface area contributed by atoms with Crippen molar-refractivity contribution in [3.63, 3.8) is 0 Å². The highest BCUT2D eigenvalue weighted by Gasteiger charge is 2.36. The third kappa shape index (κ3) is 7.17. The Bertz CT molecular complexity index is 773. The summed E-state index contributed by atoms with van der Waals surface area (Å²) in [6.07, 6.45) is 1.04. The van der Waals surface area contributed by atoms with Gasteiger partial charge in [0.15, 0.2) is 5.78 Å². The molecule has 2 unspecified atom stereocenters. The van der Waals surface area contributed by atoms with Crippen molar-refractivity contribution < 1.29 is 23.9 Å². The van der Waals surface area contributed by atoms with Crippen molar-refractivity contribution in [1.29, 1.82) is 0 Å². The van der Waals surface area contributed by atoms with E-state index in [1.807, 2.05) is 30.3 Å². The number of nitrogens with one attached hydrogen (secondary N) is 2. The number of carbonyl (C=O) groups excluding carboxylic acids is 4. The van der Waals surface area contributed by atoms with Crippen molar-refractivity contribution in [3.8, 4) is 0 Å². The molecule has 164 valence electrons. The molecule has 0 bridgehead atoms. The minimum Gasteiger partial charge on any atom is -0.444 e. The van der Waals surface area contributed by atoms with E-state index in [1.165, 1.54) is 11.8 Å². The summed E-state index contributed by atoms with van der Waals surface area (Å²) in [6.45, 7) is 6.88. The summed E-state index contributed by atoms with van der Waals surface area (Å²) in [6, 6.07) is 8.05. The van der Waals surface area contributed by atoms with E-state index in [0.29, 0.717) is 25.8 Å². The first-order chi connectivity index (χ1) is 14.1. The molecule has 1 heterocycles. The maximum absolute atomic E-state index is 12.5. The molecule has 1 saturated heterocycles. The van der Waals surface area contributed by atoms with Gasteiger partial charge in [0.1, 0.15) is 11.6 Å². The molecular formula is C22H31N3O5. The molecule has 2 N–H and O–H groups in total. The summed E-state index contributed by atoms with van der Waals surface area (Å²) in [5.41, 5.74) is 0.280. The zero-order chi connectivity index (χ0) is 22.3. The quantitative estimate of drug-likeness (QED) is 0.704. The summed E-state index contributed by atoms with van der Waals surface area (Å²) in [5.74, 6) is -1.03. The van der Waals surface area contributed by atoms with E-state index < -0.39 is 35.6 Å². The fourth-order valence-corrected chi connectivity index (χ4v) is 3.26. The number of carbonyl (C=O) groups is 4. The lowest BCUT2D eigenvalue weighted by Crippen LogP contribution is -2.51. The van der Waals surface area contributed by atoms with Crippen LogP contribution >= 0.6 is 0 Å². The van der Waals surface area contributed by atoms with Crippen LogP contribution in [0.5, 0.6) is 0 Å². The number of ketones is 1. The van der Waals surface area contributed by atoms with Crippen LogP contribution in [-0.2, 0) is 25.5 Å². The molecule has 1 fully saturated rings. The highest BCUT2D eigenvalue weighted by molar-refractivity contribution is 5.92. The molecule has 1 aromatic rings. The minimum absolute atomic E-state index is 0.162. The Hall–Kier alpha value is -2.90. The van der Waals surface area contributed by atoms with Crippen LogP contribution in [0.3, 0.4) is 0 Å². The fraction of sp³-hybridized carbons (Fsp3) is 0.545. The maximum atomic E-state index is 12.5. The van der Waals surface area contributed by atoms with Crippen molar-refractivity contribution in [1.82, 2.24) is 15.5 Å². The van der Waals surface area contributed by atoms with Crippen LogP contribution in [0.1, 0.15) is 46.1 Å². The van der Waals surface area contributed by atoms with Crippen LogP contribution in [0.25, 0.3) is 0 Å². The molecule has 0 aliphatic carbocycles. The summed E-state index contributed by atoms with van der Waals surface area (Å²) in [5, 5.41) is 5.24. The van der Waals surface area contributed by atoms with Crippen molar-refractivity contribution in [2.24, 2.45) is 0 Å². The number of nitrogens with zero attached hydrogens (tertiary/aromatic N) is 1. The second kappa shape index (κ2) is 10.2. The van der Waals surface area contributed by atoms with Gasteiger partial charge in [-0.15, -0.1) is 0 Å². The minimum atomic E-state index is -0.666. The molecule has 0 radical (unpaired) electrons. The predicted molar refractivity (Wildman–Crippen MR) is 112 cm³/mol. The number of Topliss-reactive ketones (excluding diaryl/α,β-unsaturated/α-hetero) is 1. The van der Waals surface area contributed by atoms with Gasteiger partial charge in [-0.1, -0.05) is 30.3 Å². The van der Waals surface area contributed by atoms with E-state index in [2.05, 4.69) is 10.6 Å². The normalized spacial score (nSPS) is 17.2. The summed E-state index contributed by atoms with van der Waals surface area (Å²) < 4.78 is 5.35. The number of amides is 3. The third-order valence-electron chi connectivity index (χ3n) is 4.72. The van der Waals surface area contributed by atoms with Crippen LogP contribution < -0.4 is 10.6 Å². The van der Waals surface area contributed by atoms with Crippen LogP contribution in [0, 0.1) is 0 Å². The van der Waals surface area contributed by atoms with Gasteiger partial charge in [0.2, 0.25) is 11.8 Å². The lowest BCUT2D eigenvalue weighted by Gasteiger charge is -2.28. The van der Waals surface area contributed by atoms with Gasteiger partial charge in [0.25, 0.3) is 0 Å². The molecule has 8 nitrogen and oxygen atoms in total. The van der Waals surface area contributed by atoms with Gasteiger partial charge in [-0.25, -0.2) is 4.79 Å². The summed E-state index contributed by atoms with van der Waals surface area (Å²) in [4.78, 5) is 50.4. The van der Waals surface area contributed by atoms with E-state index in [9.17, 15) is 19.2 Å². The number of likely N-dealkylation sites (tertiary alicyclic amines) is 1. The Labute approximate surface area is 177 Å². The molecule has 1 aliphatic rings. The lowest BCUT2D eigenvalue weighted by atomic mass is 10.0. The molecule has 3 amide bonds. The van der Waals surface area contributed by atoms with Crippen LogP contribution in [0.15, 0.2) is 30.3 Å². The van der Waals surface area contributed by atoms with E-state index in [-0.39, 0.29) is 12.3 Å².